The van der Waals surface area contributed by atoms with E-state index in [9.17, 15) is 9.90 Å². The van der Waals surface area contributed by atoms with E-state index in [2.05, 4.69) is 20.3 Å². The molecule has 2 aliphatic heterocycles. The van der Waals surface area contributed by atoms with Crippen LogP contribution in [-0.2, 0) is 5.60 Å². The van der Waals surface area contributed by atoms with E-state index in [1.165, 1.54) is 6.33 Å². The Kier molecular flexibility index (Phi) is 5.27. The van der Waals surface area contributed by atoms with Crippen LogP contribution in [0.3, 0.4) is 0 Å². The van der Waals surface area contributed by atoms with Crippen LogP contribution in [0.1, 0.15) is 66.3 Å². The molecule has 1 saturated carbocycles. The Morgan fingerprint density at radius 3 is 2.41 bits per heavy atom. The van der Waals surface area contributed by atoms with Crippen molar-refractivity contribution >= 4 is 17.4 Å². The highest BCUT2D eigenvalue weighted by atomic mass is 16.3. The zero-order chi connectivity index (χ0) is 27.7. The fourth-order valence-corrected chi connectivity index (χ4v) is 6.87. The second kappa shape index (κ2) is 8.93. The van der Waals surface area contributed by atoms with Gasteiger partial charge in [-0.1, -0.05) is 36.4 Å². The van der Waals surface area contributed by atoms with E-state index < -0.39 is 5.60 Å². The molecule has 4 N–H and O–H groups in total. The first-order chi connectivity index (χ1) is 20.0. The fraction of sp³-hybridized carbons (Fsp3) is 0.333. The van der Waals surface area contributed by atoms with Crippen LogP contribution in [0.25, 0.3) is 28.0 Å². The Balaban J connectivity index is 1.19. The number of nitrogen functional groups attached to an aromatic ring is 1. The number of hydrogen-bond acceptors (Lipinski definition) is 8. The number of aromatic amines is 1. The molecule has 206 valence electrons. The molecule has 41 heavy (non-hydrogen) atoms. The number of nitrogens with zero attached hydrogens (tertiary/aromatic N) is 7. The minimum absolute atomic E-state index is 0.123. The highest BCUT2D eigenvalue weighted by molar-refractivity contribution is 5.91. The second-order valence-electron chi connectivity index (χ2n) is 11.5. The van der Waals surface area contributed by atoms with Gasteiger partial charge in [-0.15, -0.1) is 0 Å². The first kappa shape index (κ1) is 24.2. The van der Waals surface area contributed by atoms with Crippen molar-refractivity contribution < 1.29 is 9.90 Å². The summed E-state index contributed by atoms with van der Waals surface area (Å²) in [5, 5.41) is 23.5. The molecule has 1 unspecified atom stereocenters. The number of hydrogen-bond donors (Lipinski definition) is 3. The molecule has 2 bridgehead atoms. The van der Waals surface area contributed by atoms with Crippen LogP contribution >= 0.6 is 0 Å². The van der Waals surface area contributed by atoms with Crippen molar-refractivity contribution in [1.82, 2.24) is 39.7 Å². The van der Waals surface area contributed by atoms with Crippen molar-refractivity contribution in [3.05, 3.63) is 78.3 Å². The van der Waals surface area contributed by atoms with Gasteiger partial charge in [-0.25, -0.2) is 9.97 Å². The van der Waals surface area contributed by atoms with Crippen LogP contribution in [0, 0.1) is 0 Å². The van der Waals surface area contributed by atoms with Crippen molar-refractivity contribution in [1.29, 1.82) is 0 Å². The molecular formula is C30H29N9O2. The summed E-state index contributed by atoms with van der Waals surface area (Å²) in [6.45, 7) is 0. The topological polar surface area (TPSA) is 151 Å². The summed E-state index contributed by atoms with van der Waals surface area (Å²) in [4.78, 5) is 29.0. The summed E-state index contributed by atoms with van der Waals surface area (Å²) >= 11 is 0. The van der Waals surface area contributed by atoms with Gasteiger partial charge in [-0.2, -0.15) is 14.7 Å². The normalized spacial score (nSPS) is 23.8. The maximum Gasteiger partial charge on any atom is 0.291 e. The molecule has 6 heterocycles. The monoisotopic (exact) mass is 547 g/mol. The van der Waals surface area contributed by atoms with Crippen molar-refractivity contribution in [3.8, 4) is 22.4 Å². The first-order valence-corrected chi connectivity index (χ1v) is 14.1. The van der Waals surface area contributed by atoms with E-state index in [0.29, 0.717) is 30.0 Å². The maximum atomic E-state index is 13.2. The lowest BCUT2D eigenvalue weighted by Gasteiger charge is -2.43. The van der Waals surface area contributed by atoms with Crippen molar-refractivity contribution in [3.63, 3.8) is 0 Å². The molecule has 11 nitrogen and oxygen atoms in total. The van der Waals surface area contributed by atoms with Crippen LogP contribution in [0.4, 0.5) is 5.82 Å². The number of amides is 1. The number of benzene rings is 1. The minimum atomic E-state index is -1.21. The number of aromatic nitrogens is 7. The van der Waals surface area contributed by atoms with Gasteiger partial charge in [0.1, 0.15) is 17.7 Å². The lowest BCUT2D eigenvalue weighted by molar-refractivity contribution is -0.0515. The van der Waals surface area contributed by atoms with Gasteiger partial charge in [-0.3, -0.25) is 14.9 Å². The second-order valence-corrected chi connectivity index (χ2v) is 11.5. The molecule has 4 aromatic heterocycles. The molecule has 2 saturated heterocycles. The lowest BCUT2D eigenvalue weighted by Crippen LogP contribution is -2.52. The zero-order valence-corrected chi connectivity index (χ0v) is 22.3. The molecular weight excluding hydrogens is 518 g/mol. The number of nitrogens with one attached hydrogen (secondary N) is 1. The number of fused-ring (bicyclic) bond motifs is 3. The van der Waals surface area contributed by atoms with E-state index in [4.69, 9.17) is 15.7 Å². The number of rotatable bonds is 5. The average Bonchev–Trinajstić information content (AvgIpc) is 3.37. The van der Waals surface area contributed by atoms with Gasteiger partial charge in [0.15, 0.2) is 5.65 Å². The summed E-state index contributed by atoms with van der Waals surface area (Å²) in [6.07, 6.45) is 9.36. The number of aliphatic hydroxyl groups is 1. The summed E-state index contributed by atoms with van der Waals surface area (Å²) in [5.41, 5.74) is 11.3. The molecule has 0 radical (unpaired) electrons. The van der Waals surface area contributed by atoms with Gasteiger partial charge >= 0.3 is 0 Å². The smallest absolute Gasteiger partial charge is 0.291 e. The Bertz CT molecular complexity index is 1750. The zero-order valence-electron chi connectivity index (χ0n) is 22.3. The predicted molar refractivity (Wildman–Crippen MR) is 151 cm³/mol. The average molecular weight is 548 g/mol. The number of carbonyl (C=O) groups is 1. The van der Waals surface area contributed by atoms with Crippen LogP contribution in [-0.4, -0.2) is 62.8 Å². The summed E-state index contributed by atoms with van der Waals surface area (Å²) < 4.78 is 1.69. The third kappa shape index (κ3) is 3.83. The molecule has 11 heteroatoms. The Labute approximate surface area is 235 Å². The highest BCUT2D eigenvalue weighted by Crippen LogP contribution is 2.52. The number of anilines is 1. The van der Waals surface area contributed by atoms with E-state index >= 15 is 0 Å². The van der Waals surface area contributed by atoms with E-state index in [-0.39, 0.29) is 29.7 Å². The van der Waals surface area contributed by atoms with Crippen molar-refractivity contribution in [2.45, 2.75) is 62.1 Å². The van der Waals surface area contributed by atoms with Gasteiger partial charge in [-0.05, 0) is 37.7 Å². The van der Waals surface area contributed by atoms with Gasteiger partial charge in [0, 0.05) is 53.4 Å². The van der Waals surface area contributed by atoms with Crippen molar-refractivity contribution in [2.24, 2.45) is 0 Å². The Hall–Kier alpha value is -4.64. The van der Waals surface area contributed by atoms with Gasteiger partial charge in [0.05, 0.1) is 17.6 Å². The predicted octanol–water partition coefficient (Wildman–Crippen LogP) is 3.69. The largest absolute Gasteiger partial charge is 0.383 e. The lowest BCUT2D eigenvalue weighted by atomic mass is 9.80. The van der Waals surface area contributed by atoms with Crippen LogP contribution < -0.4 is 5.73 Å². The molecule has 8 rings (SSSR count). The number of nitrogens with two attached hydrogens (primary N) is 1. The molecule has 1 aliphatic carbocycles. The third-order valence-electron chi connectivity index (χ3n) is 8.91. The van der Waals surface area contributed by atoms with Gasteiger partial charge < -0.3 is 15.7 Å². The van der Waals surface area contributed by atoms with Crippen LogP contribution in [0.2, 0.25) is 0 Å². The van der Waals surface area contributed by atoms with Gasteiger partial charge in [0.2, 0.25) is 5.82 Å². The van der Waals surface area contributed by atoms with Crippen molar-refractivity contribution in [2.75, 3.05) is 5.73 Å². The summed E-state index contributed by atoms with van der Waals surface area (Å²) in [7, 11) is 0. The van der Waals surface area contributed by atoms with Crippen LogP contribution in [0.15, 0.2) is 61.2 Å². The van der Waals surface area contributed by atoms with Gasteiger partial charge in [0.25, 0.3) is 5.91 Å². The SMILES string of the molecule is Nc1c(C2CC2)c(C2(O)C[C@H]3CC[C@@H](C2)N3C(=O)c2ncn[nH]2)nc2c(-c3ccc(-c4ccccc4)nc3)cnn12. The molecule has 3 aliphatic rings. The standard InChI is InChI=1S/C30H29N9O2/c31-26-24(18-6-7-18)25(30(41)12-20-9-10-21(13-30)38(20)29(40)27-33-16-34-37-27)36-28-22(15-35-39(26)28)19-8-11-23(32-14-19)17-4-2-1-3-5-17/h1-5,8,11,14-16,18,20-21,41H,6-7,9-10,12-13,31H2,(H,33,34,37)/t20-,21+,30?. The molecule has 3 fully saturated rings. The summed E-state index contributed by atoms with van der Waals surface area (Å²) in [5.74, 6) is 0.822. The first-order valence-electron chi connectivity index (χ1n) is 14.1. The molecule has 1 amide bonds. The molecule has 0 spiro atoms. The summed E-state index contributed by atoms with van der Waals surface area (Å²) in [6, 6.07) is 13.8. The Morgan fingerprint density at radius 2 is 1.76 bits per heavy atom. The number of piperidine rings is 1. The molecule has 5 aromatic rings. The minimum Gasteiger partial charge on any atom is -0.383 e. The molecule has 1 aromatic carbocycles. The van der Waals surface area contributed by atoms with Crippen LogP contribution in [0.5, 0.6) is 0 Å². The quantitative estimate of drug-likeness (QED) is 0.301. The highest BCUT2D eigenvalue weighted by Gasteiger charge is 2.53. The van der Waals surface area contributed by atoms with E-state index in [1.54, 1.807) is 10.7 Å². The number of pyridine rings is 1. The third-order valence-corrected chi connectivity index (χ3v) is 8.91. The fourth-order valence-electron chi connectivity index (χ4n) is 6.87. The van der Waals surface area contributed by atoms with E-state index in [1.807, 2.05) is 53.6 Å². The molecule has 3 atom stereocenters. The number of H-pyrrole nitrogens is 1. The Morgan fingerprint density at radius 1 is 0.976 bits per heavy atom. The maximum absolute atomic E-state index is 13.2. The van der Waals surface area contributed by atoms with E-state index in [0.717, 1.165) is 53.6 Å². The number of carbonyl (C=O) groups excluding carboxylic acids is 1.